The van der Waals surface area contributed by atoms with Crippen molar-refractivity contribution < 1.29 is 9.90 Å². The molecule has 16 heavy (non-hydrogen) atoms. The van der Waals surface area contributed by atoms with E-state index in [-0.39, 0.29) is 11.3 Å². The Morgan fingerprint density at radius 3 is 2.69 bits per heavy atom. The molecule has 0 fully saturated rings. The van der Waals surface area contributed by atoms with Crippen molar-refractivity contribution in [1.82, 2.24) is 4.98 Å². The minimum atomic E-state index is -0.584. The highest BCUT2D eigenvalue weighted by atomic mass is 32.1. The van der Waals surface area contributed by atoms with Gasteiger partial charge in [0.25, 0.3) is 0 Å². The van der Waals surface area contributed by atoms with Crippen LogP contribution in [0.3, 0.4) is 0 Å². The van der Waals surface area contributed by atoms with Crippen molar-refractivity contribution in [3.8, 4) is 17.0 Å². The van der Waals surface area contributed by atoms with Gasteiger partial charge >= 0.3 is 0 Å². The Hall–Kier alpha value is -2.08. The van der Waals surface area contributed by atoms with Gasteiger partial charge in [-0.05, 0) is 18.2 Å². The monoisotopic (exact) mass is 235 g/mol. The maximum absolute atomic E-state index is 10.9. The number of benzene rings is 1. The minimum Gasteiger partial charge on any atom is -0.507 e. The van der Waals surface area contributed by atoms with Crippen LogP contribution in [0.2, 0.25) is 0 Å². The number of anilines is 1. The van der Waals surface area contributed by atoms with Crippen molar-refractivity contribution in [1.29, 1.82) is 0 Å². The molecule has 0 atom stereocenters. The Labute approximate surface area is 95.3 Å². The van der Waals surface area contributed by atoms with Crippen LogP contribution in [0.15, 0.2) is 23.6 Å². The largest absolute Gasteiger partial charge is 0.507 e. The van der Waals surface area contributed by atoms with Crippen LogP contribution in [0.25, 0.3) is 11.3 Å². The third kappa shape index (κ3) is 1.82. The first-order chi connectivity index (χ1) is 7.58. The number of hydrogen-bond donors (Lipinski definition) is 3. The van der Waals surface area contributed by atoms with Gasteiger partial charge in [-0.15, -0.1) is 11.3 Å². The Bertz CT molecular complexity index is 551. The molecule has 0 saturated carbocycles. The number of phenols is 1. The molecule has 0 aliphatic carbocycles. The summed E-state index contributed by atoms with van der Waals surface area (Å²) in [5, 5.41) is 11.9. The summed E-state index contributed by atoms with van der Waals surface area (Å²) in [6.45, 7) is 0. The Morgan fingerprint density at radius 1 is 1.44 bits per heavy atom. The quantitative estimate of drug-likeness (QED) is 0.727. The molecular formula is C10H9N3O2S. The molecule has 1 amide bonds. The van der Waals surface area contributed by atoms with E-state index in [2.05, 4.69) is 4.98 Å². The first-order valence-corrected chi connectivity index (χ1v) is 5.30. The van der Waals surface area contributed by atoms with Crippen LogP contribution in [0.5, 0.6) is 5.75 Å². The standard InChI is InChI=1S/C10H9N3O2S/c11-9(15)5-1-2-6(8(14)3-5)7-4-16-10(12)13-7/h1-4,14H,(H2,11,15)(H2,12,13). The number of primary amides is 1. The number of thiazole rings is 1. The van der Waals surface area contributed by atoms with E-state index in [1.807, 2.05) is 0 Å². The van der Waals surface area contributed by atoms with Crippen molar-refractivity contribution in [3.05, 3.63) is 29.1 Å². The molecule has 5 nitrogen and oxygen atoms in total. The molecule has 1 heterocycles. The van der Waals surface area contributed by atoms with Crippen LogP contribution in [0.1, 0.15) is 10.4 Å². The van der Waals surface area contributed by atoms with E-state index in [1.165, 1.54) is 23.5 Å². The number of amides is 1. The second-order valence-corrected chi connectivity index (χ2v) is 4.06. The van der Waals surface area contributed by atoms with E-state index >= 15 is 0 Å². The van der Waals surface area contributed by atoms with E-state index < -0.39 is 5.91 Å². The highest BCUT2D eigenvalue weighted by Gasteiger charge is 2.10. The molecular weight excluding hydrogens is 226 g/mol. The molecule has 0 unspecified atom stereocenters. The number of hydrogen-bond acceptors (Lipinski definition) is 5. The molecule has 5 N–H and O–H groups in total. The van der Waals surface area contributed by atoms with Crippen LogP contribution >= 0.6 is 11.3 Å². The molecule has 82 valence electrons. The second kappa shape index (κ2) is 3.82. The predicted molar refractivity (Wildman–Crippen MR) is 62.1 cm³/mol. The topological polar surface area (TPSA) is 102 Å². The zero-order chi connectivity index (χ0) is 11.7. The number of nitrogens with zero attached hydrogens (tertiary/aromatic N) is 1. The Morgan fingerprint density at radius 2 is 2.19 bits per heavy atom. The summed E-state index contributed by atoms with van der Waals surface area (Å²) >= 11 is 1.28. The maximum Gasteiger partial charge on any atom is 0.248 e. The van der Waals surface area contributed by atoms with Crippen LogP contribution in [0, 0.1) is 0 Å². The van der Waals surface area contributed by atoms with Gasteiger partial charge in [0.05, 0.1) is 5.69 Å². The lowest BCUT2D eigenvalue weighted by atomic mass is 10.1. The predicted octanol–water partition coefficient (Wildman–Crippen LogP) is 1.20. The van der Waals surface area contributed by atoms with Crippen molar-refractivity contribution in [2.75, 3.05) is 5.73 Å². The summed E-state index contributed by atoms with van der Waals surface area (Å²) in [6, 6.07) is 4.43. The zero-order valence-electron chi connectivity index (χ0n) is 8.18. The average molecular weight is 235 g/mol. The summed E-state index contributed by atoms with van der Waals surface area (Å²) in [6.07, 6.45) is 0. The zero-order valence-corrected chi connectivity index (χ0v) is 8.99. The summed E-state index contributed by atoms with van der Waals surface area (Å²) in [4.78, 5) is 14.9. The number of rotatable bonds is 2. The minimum absolute atomic E-state index is 0.0402. The fourth-order valence-electron chi connectivity index (χ4n) is 1.31. The molecule has 0 bridgehead atoms. The van der Waals surface area contributed by atoms with Gasteiger partial charge in [-0.25, -0.2) is 4.98 Å². The number of nitrogen functional groups attached to an aromatic ring is 1. The normalized spacial score (nSPS) is 10.2. The molecule has 0 radical (unpaired) electrons. The van der Waals surface area contributed by atoms with E-state index in [9.17, 15) is 9.90 Å². The third-order valence-corrected chi connectivity index (χ3v) is 2.75. The average Bonchev–Trinajstić information content (AvgIpc) is 2.64. The van der Waals surface area contributed by atoms with Gasteiger partial charge in [0.2, 0.25) is 5.91 Å². The van der Waals surface area contributed by atoms with Crippen molar-refractivity contribution in [2.45, 2.75) is 0 Å². The third-order valence-electron chi connectivity index (χ3n) is 2.08. The molecule has 0 saturated heterocycles. The van der Waals surface area contributed by atoms with Gasteiger partial charge in [-0.1, -0.05) is 0 Å². The van der Waals surface area contributed by atoms with Crippen LogP contribution in [-0.2, 0) is 0 Å². The van der Waals surface area contributed by atoms with Crippen LogP contribution in [-0.4, -0.2) is 16.0 Å². The highest BCUT2D eigenvalue weighted by molar-refractivity contribution is 7.13. The summed E-state index contributed by atoms with van der Waals surface area (Å²) < 4.78 is 0. The first-order valence-electron chi connectivity index (χ1n) is 4.42. The molecule has 2 aromatic rings. The first kappa shape index (κ1) is 10.4. The molecule has 0 aliphatic heterocycles. The lowest BCUT2D eigenvalue weighted by molar-refractivity contribution is 0.1000. The molecule has 0 aliphatic rings. The van der Waals surface area contributed by atoms with Crippen molar-refractivity contribution in [3.63, 3.8) is 0 Å². The fraction of sp³-hybridized carbons (Fsp3) is 0. The molecule has 1 aromatic carbocycles. The van der Waals surface area contributed by atoms with E-state index in [1.54, 1.807) is 11.4 Å². The van der Waals surface area contributed by atoms with Crippen molar-refractivity contribution in [2.24, 2.45) is 5.73 Å². The van der Waals surface area contributed by atoms with Gasteiger partial charge in [-0.3, -0.25) is 4.79 Å². The van der Waals surface area contributed by atoms with Gasteiger partial charge in [0.15, 0.2) is 5.13 Å². The van der Waals surface area contributed by atoms with E-state index in [0.717, 1.165) is 0 Å². The van der Waals surface area contributed by atoms with Crippen molar-refractivity contribution >= 4 is 22.4 Å². The molecule has 6 heteroatoms. The second-order valence-electron chi connectivity index (χ2n) is 3.17. The SMILES string of the molecule is NC(=O)c1ccc(-c2csc(N)n2)c(O)c1. The van der Waals surface area contributed by atoms with E-state index in [4.69, 9.17) is 11.5 Å². The van der Waals surface area contributed by atoms with Gasteiger partial charge < -0.3 is 16.6 Å². The number of aromatic nitrogens is 1. The lowest BCUT2D eigenvalue weighted by Crippen LogP contribution is -2.10. The Balaban J connectivity index is 2.47. The van der Waals surface area contributed by atoms with E-state index in [0.29, 0.717) is 16.4 Å². The van der Waals surface area contributed by atoms with Gasteiger partial charge in [-0.2, -0.15) is 0 Å². The van der Waals surface area contributed by atoms with Crippen LogP contribution in [0.4, 0.5) is 5.13 Å². The summed E-state index contributed by atoms with van der Waals surface area (Å²) in [5.41, 5.74) is 11.9. The highest BCUT2D eigenvalue weighted by Crippen LogP contribution is 2.31. The maximum atomic E-state index is 10.9. The number of carbonyl (C=O) groups excluding carboxylic acids is 1. The number of phenolic OH excluding ortho intramolecular Hbond substituents is 1. The molecule has 1 aromatic heterocycles. The molecule has 2 rings (SSSR count). The van der Waals surface area contributed by atoms with Gasteiger partial charge in [0, 0.05) is 16.5 Å². The Kier molecular flexibility index (Phi) is 2.49. The smallest absolute Gasteiger partial charge is 0.248 e. The lowest BCUT2D eigenvalue weighted by Gasteiger charge is -2.02. The fourth-order valence-corrected chi connectivity index (χ4v) is 1.88. The van der Waals surface area contributed by atoms with Gasteiger partial charge in [0.1, 0.15) is 5.75 Å². The summed E-state index contributed by atoms with van der Waals surface area (Å²) in [5.74, 6) is -0.624. The number of nitrogens with two attached hydrogens (primary N) is 2. The van der Waals surface area contributed by atoms with Crippen LogP contribution < -0.4 is 11.5 Å². The molecule has 0 spiro atoms. The number of aromatic hydroxyl groups is 1. The summed E-state index contributed by atoms with van der Waals surface area (Å²) in [7, 11) is 0. The number of carbonyl (C=O) groups is 1.